The molecular formula is C11H10ClNO2. The van der Waals surface area contributed by atoms with E-state index < -0.39 is 0 Å². The highest BCUT2D eigenvalue weighted by Gasteiger charge is 2.13. The maximum Gasteiger partial charge on any atom is 0.338 e. The lowest BCUT2D eigenvalue weighted by Gasteiger charge is -2.04. The number of nitrogens with zero attached hydrogens (tertiary/aromatic N) is 1. The highest BCUT2D eigenvalue weighted by Crippen LogP contribution is 2.27. The minimum atomic E-state index is -0.345. The molecule has 0 atom stereocenters. The lowest BCUT2D eigenvalue weighted by atomic mass is 10.1. The number of aromatic nitrogens is 1. The van der Waals surface area contributed by atoms with Gasteiger partial charge in [0.2, 0.25) is 0 Å². The Morgan fingerprint density at radius 2 is 2.13 bits per heavy atom. The molecule has 0 N–H and O–H groups in total. The zero-order chi connectivity index (χ0) is 11.0. The molecule has 78 valence electrons. The average Bonchev–Trinajstić information content (AvgIpc) is 2.61. The predicted octanol–water partition coefficient (Wildman–Crippen LogP) is 2.62. The van der Waals surface area contributed by atoms with Crippen molar-refractivity contribution in [1.82, 2.24) is 4.57 Å². The largest absolute Gasteiger partial charge is 0.465 e. The van der Waals surface area contributed by atoms with E-state index in [2.05, 4.69) is 0 Å². The summed E-state index contributed by atoms with van der Waals surface area (Å²) in [6.07, 6.45) is 1.86. The summed E-state index contributed by atoms with van der Waals surface area (Å²) < 4.78 is 6.58. The standard InChI is InChI=1S/C11H10ClNO2/c1-13-6-5-7-8(11(14)15-2)3-4-9(12)10(7)13/h3-6H,1-2H3. The summed E-state index contributed by atoms with van der Waals surface area (Å²) in [5, 5.41) is 1.45. The molecule has 0 aliphatic heterocycles. The van der Waals surface area contributed by atoms with E-state index in [0.717, 1.165) is 10.9 Å². The second-order valence-electron chi connectivity index (χ2n) is 3.28. The van der Waals surface area contributed by atoms with Gasteiger partial charge in [0.05, 0.1) is 23.2 Å². The normalized spacial score (nSPS) is 10.6. The number of carbonyl (C=O) groups is 1. The minimum Gasteiger partial charge on any atom is -0.465 e. The Morgan fingerprint density at radius 1 is 1.40 bits per heavy atom. The molecule has 0 saturated heterocycles. The minimum absolute atomic E-state index is 0.345. The summed E-state index contributed by atoms with van der Waals surface area (Å²) >= 11 is 6.05. The van der Waals surface area contributed by atoms with Crippen LogP contribution in [0, 0.1) is 0 Å². The van der Waals surface area contributed by atoms with Gasteiger partial charge in [-0.25, -0.2) is 4.79 Å². The van der Waals surface area contributed by atoms with Crippen molar-refractivity contribution in [3.63, 3.8) is 0 Å². The van der Waals surface area contributed by atoms with Crippen molar-refractivity contribution in [2.24, 2.45) is 7.05 Å². The van der Waals surface area contributed by atoms with Gasteiger partial charge in [0.1, 0.15) is 0 Å². The van der Waals surface area contributed by atoms with Crippen LogP contribution >= 0.6 is 11.6 Å². The van der Waals surface area contributed by atoms with Gasteiger partial charge in [0.15, 0.2) is 0 Å². The quantitative estimate of drug-likeness (QED) is 0.696. The maximum absolute atomic E-state index is 11.5. The fraction of sp³-hybridized carbons (Fsp3) is 0.182. The van der Waals surface area contributed by atoms with Gasteiger partial charge in [0, 0.05) is 18.6 Å². The van der Waals surface area contributed by atoms with E-state index in [1.165, 1.54) is 7.11 Å². The van der Waals surface area contributed by atoms with E-state index in [4.69, 9.17) is 16.3 Å². The second-order valence-corrected chi connectivity index (χ2v) is 3.68. The summed E-state index contributed by atoms with van der Waals surface area (Å²) in [5.41, 5.74) is 1.39. The molecule has 1 aromatic carbocycles. The second kappa shape index (κ2) is 3.59. The van der Waals surface area contributed by atoms with Gasteiger partial charge in [-0.15, -0.1) is 0 Å². The van der Waals surface area contributed by atoms with Gasteiger partial charge < -0.3 is 9.30 Å². The first kappa shape index (κ1) is 10.1. The molecule has 2 aromatic rings. The summed E-state index contributed by atoms with van der Waals surface area (Å²) in [5.74, 6) is -0.345. The zero-order valence-corrected chi connectivity index (χ0v) is 9.21. The first-order valence-corrected chi connectivity index (χ1v) is 4.85. The van der Waals surface area contributed by atoms with E-state index in [9.17, 15) is 4.79 Å². The van der Waals surface area contributed by atoms with Crippen molar-refractivity contribution in [2.45, 2.75) is 0 Å². The van der Waals surface area contributed by atoms with Crippen molar-refractivity contribution < 1.29 is 9.53 Å². The molecule has 0 aliphatic rings. The molecule has 0 aliphatic carbocycles. The number of fused-ring (bicyclic) bond motifs is 1. The molecular weight excluding hydrogens is 214 g/mol. The van der Waals surface area contributed by atoms with E-state index in [0.29, 0.717) is 10.6 Å². The molecule has 3 nitrogen and oxygen atoms in total. The molecule has 1 aromatic heterocycles. The fourth-order valence-electron chi connectivity index (χ4n) is 1.66. The molecule has 0 saturated carbocycles. The Balaban J connectivity index is 2.78. The molecule has 0 bridgehead atoms. The number of methoxy groups -OCH3 is 1. The van der Waals surface area contributed by atoms with Crippen LogP contribution in [0.25, 0.3) is 10.9 Å². The third kappa shape index (κ3) is 1.49. The Bertz CT molecular complexity index is 531. The summed E-state index contributed by atoms with van der Waals surface area (Å²) in [4.78, 5) is 11.5. The Hall–Kier alpha value is -1.48. The number of benzene rings is 1. The van der Waals surface area contributed by atoms with Gasteiger partial charge in [0.25, 0.3) is 0 Å². The van der Waals surface area contributed by atoms with Crippen LogP contribution in [0.3, 0.4) is 0 Å². The molecule has 1 heterocycles. The van der Waals surface area contributed by atoms with Gasteiger partial charge >= 0.3 is 5.97 Å². The van der Waals surface area contributed by atoms with E-state index in [1.807, 2.05) is 23.9 Å². The Labute approximate surface area is 92.2 Å². The Kier molecular flexibility index (Phi) is 2.40. The summed E-state index contributed by atoms with van der Waals surface area (Å²) in [6.45, 7) is 0. The SMILES string of the molecule is COC(=O)c1ccc(Cl)c2c1ccn2C. The van der Waals surface area contributed by atoms with Crippen LogP contribution in [0.1, 0.15) is 10.4 Å². The van der Waals surface area contributed by atoms with E-state index in [-0.39, 0.29) is 5.97 Å². The van der Waals surface area contributed by atoms with Crippen molar-refractivity contribution >= 4 is 28.5 Å². The summed E-state index contributed by atoms with van der Waals surface area (Å²) in [7, 11) is 3.25. The maximum atomic E-state index is 11.5. The van der Waals surface area contributed by atoms with E-state index >= 15 is 0 Å². The third-order valence-corrected chi connectivity index (χ3v) is 2.70. The lowest BCUT2D eigenvalue weighted by molar-refractivity contribution is 0.0603. The summed E-state index contributed by atoms with van der Waals surface area (Å²) in [6, 6.07) is 5.24. The van der Waals surface area contributed by atoms with Crippen molar-refractivity contribution in [1.29, 1.82) is 0 Å². The van der Waals surface area contributed by atoms with Crippen LogP contribution in [0.15, 0.2) is 24.4 Å². The number of esters is 1. The van der Waals surface area contributed by atoms with Crippen LogP contribution in [0.2, 0.25) is 5.02 Å². The highest BCUT2D eigenvalue weighted by molar-refractivity contribution is 6.35. The zero-order valence-electron chi connectivity index (χ0n) is 8.45. The monoisotopic (exact) mass is 223 g/mol. The Morgan fingerprint density at radius 3 is 2.80 bits per heavy atom. The topological polar surface area (TPSA) is 31.2 Å². The molecule has 0 spiro atoms. The van der Waals surface area contributed by atoms with Gasteiger partial charge in [-0.3, -0.25) is 0 Å². The lowest BCUT2D eigenvalue weighted by Crippen LogP contribution is -2.01. The molecule has 15 heavy (non-hydrogen) atoms. The number of hydrogen-bond donors (Lipinski definition) is 0. The molecule has 0 amide bonds. The fourth-order valence-corrected chi connectivity index (χ4v) is 1.96. The van der Waals surface area contributed by atoms with Crippen LogP contribution in [0.4, 0.5) is 0 Å². The van der Waals surface area contributed by atoms with Crippen molar-refractivity contribution in [3.05, 3.63) is 35.0 Å². The van der Waals surface area contributed by atoms with Crippen LogP contribution in [-0.4, -0.2) is 17.6 Å². The van der Waals surface area contributed by atoms with Gasteiger partial charge in [-0.05, 0) is 18.2 Å². The molecule has 0 unspecified atom stereocenters. The van der Waals surface area contributed by atoms with Crippen LogP contribution in [-0.2, 0) is 11.8 Å². The van der Waals surface area contributed by atoms with Gasteiger partial charge in [-0.1, -0.05) is 11.6 Å². The van der Waals surface area contributed by atoms with E-state index in [1.54, 1.807) is 12.1 Å². The number of ether oxygens (including phenoxy) is 1. The molecule has 0 radical (unpaired) electrons. The predicted molar refractivity (Wildman–Crippen MR) is 59.3 cm³/mol. The first-order chi connectivity index (χ1) is 7.15. The third-order valence-electron chi connectivity index (χ3n) is 2.39. The first-order valence-electron chi connectivity index (χ1n) is 4.47. The highest BCUT2D eigenvalue weighted by atomic mass is 35.5. The van der Waals surface area contributed by atoms with Crippen LogP contribution in [0.5, 0.6) is 0 Å². The number of hydrogen-bond acceptors (Lipinski definition) is 2. The van der Waals surface area contributed by atoms with Crippen molar-refractivity contribution in [2.75, 3.05) is 7.11 Å². The van der Waals surface area contributed by atoms with Gasteiger partial charge in [-0.2, -0.15) is 0 Å². The number of carbonyl (C=O) groups excluding carboxylic acids is 1. The number of halogens is 1. The van der Waals surface area contributed by atoms with Crippen molar-refractivity contribution in [3.8, 4) is 0 Å². The van der Waals surface area contributed by atoms with Crippen LogP contribution < -0.4 is 0 Å². The molecule has 2 rings (SSSR count). The number of aryl methyl sites for hydroxylation is 1. The number of rotatable bonds is 1. The average molecular weight is 224 g/mol. The smallest absolute Gasteiger partial charge is 0.338 e. The molecule has 4 heteroatoms. The molecule has 0 fully saturated rings.